The molecule has 13 nitrogen and oxygen atoms in total. The van der Waals surface area contributed by atoms with E-state index in [0.717, 1.165) is 49.9 Å². The molecule has 2 saturated heterocycles. The Kier molecular flexibility index (Phi) is 16.2. The lowest BCUT2D eigenvalue weighted by Crippen LogP contribution is -2.58. The van der Waals surface area contributed by atoms with E-state index in [9.17, 15) is 37.6 Å². The van der Waals surface area contributed by atoms with Crippen LogP contribution in [0.3, 0.4) is 0 Å². The first-order chi connectivity index (χ1) is 34.1. The van der Waals surface area contributed by atoms with Gasteiger partial charge in [0.2, 0.25) is 17.7 Å². The Morgan fingerprint density at radius 2 is 1.60 bits per heavy atom. The zero-order valence-electron chi connectivity index (χ0n) is 41.3. The molecule has 378 valence electrons. The minimum atomic E-state index is -4.80. The number of carbonyl (C=O) groups is 4. The number of amides is 4. The number of aryl methyl sites for hydroxylation is 1. The van der Waals surface area contributed by atoms with Crippen molar-refractivity contribution in [3.63, 3.8) is 0 Å². The molecule has 72 heavy (non-hydrogen) atoms. The zero-order valence-corrected chi connectivity index (χ0v) is 42.9. The third-order valence-corrected chi connectivity index (χ3v) is 14.2. The molecule has 18 heteroatoms. The van der Waals surface area contributed by atoms with Crippen LogP contribution in [0.2, 0.25) is 0 Å². The summed E-state index contributed by atoms with van der Waals surface area (Å²) in [5.74, 6) is -0.801. The number of carbonyl (C=O) groups excluding carboxylic acids is 4. The molecule has 2 N–H and O–H groups in total. The highest BCUT2D eigenvalue weighted by molar-refractivity contribution is 7.81. The second-order valence-electron chi connectivity index (χ2n) is 19.6. The minimum absolute atomic E-state index is 0.00904. The van der Waals surface area contributed by atoms with Crippen molar-refractivity contribution in [2.45, 2.75) is 111 Å². The first kappa shape index (κ1) is 53.1. The van der Waals surface area contributed by atoms with Crippen LogP contribution in [0.15, 0.2) is 96.5 Å². The van der Waals surface area contributed by atoms with Gasteiger partial charge < -0.3 is 29.9 Å². The van der Waals surface area contributed by atoms with Crippen molar-refractivity contribution in [1.29, 1.82) is 5.26 Å². The van der Waals surface area contributed by atoms with Crippen LogP contribution in [0, 0.1) is 23.7 Å². The number of hydrogen-bond donors (Lipinski definition) is 2. The van der Waals surface area contributed by atoms with Crippen LogP contribution in [-0.4, -0.2) is 82.1 Å². The van der Waals surface area contributed by atoms with E-state index in [2.05, 4.69) is 15.6 Å². The highest BCUT2D eigenvalue weighted by Crippen LogP contribution is 2.40. The van der Waals surface area contributed by atoms with Gasteiger partial charge in [0.25, 0.3) is 5.91 Å². The predicted molar refractivity (Wildman–Crippen MR) is 275 cm³/mol. The summed E-state index contributed by atoms with van der Waals surface area (Å²) in [6, 6.07) is 26.0. The number of thiocarbonyl (C=S) groups is 1. The van der Waals surface area contributed by atoms with Gasteiger partial charge in [0.05, 0.1) is 51.7 Å². The number of benzene rings is 4. The number of halogens is 3. The molecule has 2 fully saturated rings. The van der Waals surface area contributed by atoms with Crippen molar-refractivity contribution in [3.8, 4) is 33.4 Å². The average Bonchev–Trinajstić information content (AvgIpc) is 4.06. The number of nitrogens with zero attached hydrogens (tertiary/aromatic N) is 5. The smallest absolute Gasteiger partial charge is 0.417 e. The Hall–Kier alpha value is -6.68. The maximum atomic E-state index is 14.0. The quantitative estimate of drug-likeness (QED) is 0.0679. The fourth-order valence-electron chi connectivity index (χ4n) is 8.85. The Bertz CT molecular complexity index is 2840. The lowest BCUT2D eigenvalue weighted by Gasteiger charge is -2.35. The van der Waals surface area contributed by atoms with Gasteiger partial charge in [0.15, 0.2) is 5.11 Å². The molecule has 0 radical (unpaired) electrons. The SMILES string of the molecule is Cc1ncsc1-c1ccc(CNC(=O)[C@@H]2CCCN2C(=O)[C@@H](NC(=O)CO[C@@H](C)CCCOc2ccc(-c3ccc(N4C(=S)N(c5ccc(C#N)c(C(F)(F)F)c5)C(=O)C4(C)C)cc3)cc2)C(C)(C)C)cc1. The molecule has 4 aromatic carbocycles. The number of aromatic nitrogens is 1. The largest absolute Gasteiger partial charge is 0.494 e. The number of alkyl halides is 3. The van der Waals surface area contributed by atoms with Crippen LogP contribution < -0.4 is 25.2 Å². The van der Waals surface area contributed by atoms with Gasteiger partial charge in [-0.2, -0.15) is 18.4 Å². The van der Waals surface area contributed by atoms with Gasteiger partial charge in [0, 0.05) is 18.8 Å². The van der Waals surface area contributed by atoms with E-state index >= 15 is 0 Å². The number of hydrogen-bond acceptors (Lipinski definition) is 10. The van der Waals surface area contributed by atoms with E-state index in [4.69, 9.17) is 21.7 Å². The third-order valence-electron chi connectivity index (χ3n) is 12.9. The molecule has 3 atom stereocenters. The van der Waals surface area contributed by atoms with Crippen molar-refractivity contribution in [2.75, 3.05) is 29.6 Å². The molecule has 2 aliphatic heterocycles. The van der Waals surface area contributed by atoms with Crippen molar-refractivity contribution >= 4 is 63.7 Å². The third kappa shape index (κ3) is 12.0. The van der Waals surface area contributed by atoms with Crippen LogP contribution >= 0.6 is 23.6 Å². The Balaban J connectivity index is 0.847. The van der Waals surface area contributed by atoms with Crippen LogP contribution in [0.1, 0.15) is 89.6 Å². The lowest BCUT2D eigenvalue weighted by atomic mass is 9.85. The molecule has 0 bridgehead atoms. The van der Waals surface area contributed by atoms with Crippen molar-refractivity contribution in [3.05, 3.63) is 119 Å². The number of rotatable bonds is 17. The maximum Gasteiger partial charge on any atom is 0.417 e. The van der Waals surface area contributed by atoms with E-state index in [-0.39, 0.29) is 35.3 Å². The average molecular weight is 1020 g/mol. The van der Waals surface area contributed by atoms with Crippen LogP contribution in [0.4, 0.5) is 24.5 Å². The lowest BCUT2D eigenvalue weighted by molar-refractivity contribution is -0.144. The highest BCUT2D eigenvalue weighted by atomic mass is 32.1. The highest BCUT2D eigenvalue weighted by Gasteiger charge is 2.51. The molecular weight excluding hydrogens is 964 g/mol. The Morgan fingerprint density at radius 3 is 2.21 bits per heavy atom. The molecule has 0 aliphatic carbocycles. The van der Waals surface area contributed by atoms with Crippen LogP contribution in [0.5, 0.6) is 5.75 Å². The zero-order chi connectivity index (χ0) is 52.1. The van der Waals surface area contributed by atoms with Crippen LogP contribution in [-0.2, 0) is 36.6 Å². The Morgan fingerprint density at radius 1 is 0.958 bits per heavy atom. The van der Waals surface area contributed by atoms with Gasteiger partial charge in [-0.3, -0.25) is 24.1 Å². The number of ether oxygens (including phenoxy) is 2. The summed E-state index contributed by atoms with van der Waals surface area (Å²) in [6.07, 6.45) is -2.60. The monoisotopic (exact) mass is 1020 g/mol. The molecule has 1 aromatic heterocycles. The molecule has 2 aliphatic rings. The molecule has 0 saturated carbocycles. The molecule has 5 aromatic rings. The molecule has 0 spiro atoms. The van der Waals surface area contributed by atoms with E-state index in [0.29, 0.717) is 56.8 Å². The summed E-state index contributed by atoms with van der Waals surface area (Å²) in [5.41, 5.74) is 3.50. The number of likely N-dealkylation sites (tertiary alicyclic amines) is 1. The predicted octanol–water partition coefficient (Wildman–Crippen LogP) is 10.00. The van der Waals surface area contributed by atoms with Gasteiger partial charge in [-0.05, 0) is 136 Å². The molecule has 4 amide bonds. The number of anilines is 2. The van der Waals surface area contributed by atoms with Gasteiger partial charge in [-0.25, -0.2) is 4.98 Å². The van der Waals surface area contributed by atoms with Gasteiger partial charge >= 0.3 is 6.18 Å². The minimum Gasteiger partial charge on any atom is -0.494 e. The second-order valence-corrected chi connectivity index (χ2v) is 20.8. The molecular formula is C54H58F3N7O6S2. The topological polar surface area (TPSA) is 157 Å². The van der Waals surface area contributed by atoms with Gasteiger partial charge in [-0.1, -0.05) is 69.3 Å². The first-order valence-corrected chi connectivity index (χ1v) is 25.0. The summed E-state index contributed by atoms with van der Waals surface area (Å²) in [6.45, 7) is 13.7. The molecule has 0 unspecified atom stereocenters. The summed E-state index contributed by atoms with van der Waals surface area (Å²) in [4.78, 5) is 64.0. The van der Waals surface area contributed by atoms with Gasteiger partial charge in [0.1, 0.15) is 30.0 Å². The van der Waals surface area contributed by atoms with E-state index in [1.54, 1.807) is 53.2 Å². The molecule has 3 heterocycles. The summed E-state index contributed by atoms with van der Waals surface area (Å²) in [7, 11) is 0. The summed E-state index contributed by atoms with van der Waals surface area (Å²) >= 11 is 7.26. The van der Waals surface area contributed by atoms with Crippen molar-refractivity contribution in [2.24, 2.45) is 5.41 Å². The fraction of sp³-hybridized carbons (Fsp3) is 0.389. The maximum absolute atomic E-state index is 14.0. The van der Waals surface area contributed by atoms with Crippen molar-refractivity contribution in [1.82, 2.24) is 20.5 Å². The fourth-order valence-corrected chi connectivity index (χ4v) is 10.2. The van der Waals surface area contributed by atoms with Gasteiger partial charge in [-0.15, -0.1) is 11.3 Å². The van der Waals surface area contributed by atoms with E-state index in [1.165, 1.54) is 6.07 Å². The van der Waals surface area contributed by atoms with Crippen LogP contribution in [0.25, 0.3) is 21.6 Å². The van der Waals surface area contributed by atoms with E-state index < -0.39 is 52.2 Å². The van der Waals surface area contributed by atoms with E-state index in [1.807, 2.05) is 101 Å². The summed E-state index contributed by atoms with van der Waals surface area (Å²) in [5, 5.41) is 15.2. The molecule has 7 rings (SSSR count). The normalized spacial score (nSPS) is 16.6. The number of nitrogens with one attached hydrogen (secondary N) is 2. The standard InChI is InChI=1S/C54H58F3N7O6S2/c1-33(70-31-45(65)61-47(52(3,4)5)49(67)62-26-8-11-44(62)48(66)59-30-35-12-14-38(15-13-35)46-34(2)60-32-72-46)10-9-27-69-42-24-19-37(20-25-42)36-16-21-40(22-17-36)64-51(71)63(50(68)53(64,6)7)41-23-18-39(29-58)43(28-41)54(55,56)57/h12-25,28,32-33,44,47H,8-11,26-27,30-31H2,1-7H3,(H,59,66)(H,61,65)/t33-,44-,47+/m0/s1. The number of nitriles is 1. The summed E-state index contributed by atoms with van der Waals surface area (Å²) < 4.78 is 53.2. The first-order valence-electron chi connectivity index (χ1n) is 23.7. The second kappa shape index (κ2) is 22.0. The number of thiazole rings is 1. The van der Waals surface area contributed by atoms with Crippen molar-refractivity contribution < 1.29 is 41.8 Å². The Labute approximate surface area is 427 Å².